The molecule has 0 saturated heterocycles. The molecule has 2 atom stereocenters. The van der Waals surface area contributed by atoms with Crippen LogP contribution in [0, 0.1) is 5.92 Å². The molecule has 0 amide bonds. The number of aliphatic hydroxyl groups excluding tert-OH is 1. The van der Waals surface area contributed by atoms with Crippen LogP contribution in [0.2, 0.25) is 0 Å². The van der Waals surface area contributed by atoms with E-state index in [2.05, 4.69) is 20.8 Å². The van der Waals surface area contributed by atoms with Crippen LogP contribution < -0.4 is 0 Å². The first-order valence-electron chi connectivity index (χ1n) is 14.0. The monoisotopic (exact) mass is 470 g/mol. The molecule has 0 aliphatic heterocycles. The quantitative estimate of drug-likeness (QED) is 0.117. The average Bonchev–Trinajstić information content (AvgIpc) is 2.81. The van der Waals surface area contributed by atoms with Gasteiger partial charge in [-0.15, -0.1) is 0 Å². The maximum Gasteiger partial charge on any atom is 0.305 e. The van der Waals surface area contributed by atoms with Gasteiger partial charge in [0.25, 0.3) is 0 Å². The molecule has 1 unspecified atom stereocenters. The summed E-state index contributed by atoms with van der Waals surface area (Å²) < 4.78 is 10.1. The van der Waals surface area contributed by atoms with Crippen LogP contribution in [-0.2, 0) is 19.1 Å². The van der Waals surface area contributed by atoms with Gasteiger partial charge in [-0.1, -0.05) is 117 Å². The zero-order valence-corrected chi connectivity index (χ0v) is 22.1. The Morgan fingerprint density at radius 2 is 1.03 bits per heavy atom. The largest absolute Gasteiger partial charge is 0.463 e. The average molecular weight is 471 g/mol. The Kier molecular flexibility index (Phi) is 23.2. The fraction of sp³-hybridized carbons (Fsp3) is 0.929. The van der Waals surface area contributed by atoms with Gasteiger partial charge in [-0.2, -0.15) is 0 Å². The van der Waals surface area contributed by atoms with Crippen LogP contribution in [0.15, 0.2) is 0 Å². The summed E-state index contributed by atoms with van der Waals surface area (Å²) in [6.07, 6.45) is 20.2. The summed E-state index contributed by atoms with van der Waals surface area (Å²) in [7, 11) is 0. The third-order valence-corrected chi connectivity index (χ3v) is 6.38. The third kappa shape index (κ3) is 23.8. The fourth-order valence-corrected chi connectivity index (χ4v) is 3.82. The van der Waals surface area contributed by atoms with Gasteiger partial charge in [0, 0.05) is 12.8 Å². The predicted octanol–water partition coefficient (Wildman–Crippen LogP) is 7.52. The highest BCUT2D eigenvalue weighted by Crippen LogP contribution is 2.15. The van der Waals surface area contributed by atoms with Crippen molar-refractivity contribution >= 4 is 11.9 Å². The lowest BCUT2D eigenvalue weighted by molar-refractivity contribution is -0.152. The van der Waals surface area contributed by atoms with E-state index in [1.165, 1.54) is 70.6 Å². The van der Waals surface area contributed by atoms with E-state index >= 15 is 0 Å². The van der Waals surface area contributed by atoms with Gasteiger partial charge in [-0.3, -0.25) is 9.59 Å². The number of aliphatic hydroxyl groups is 1. The van der Waals surface area contributed by atoms with Crippen LogP contribution in [0.1, 0.15) is 143 Å². The molecule has 0 aromatic carbocycles. The molecule has 0 aliphatic rings. The first-order valence-corrected chi connectivity index (χ1v) is 14.0. The SMILES string of the molecule is CCCCCCCC(=O)OC[C@@H](O)COC(=O)CCCCCCCCCCCCC(C)CC. The Bertz CT molecular complexity index is 452. The second kappa shape index (κ2) is 24.0. The fourth-order valence-electron chi connectivity index (χ4n) is 3.82. The second-order valence-electron chi connectivity index (χ2n) is 9.77. The minimum atomic E-state index is -0.951. The molecule has 33 heavy (non-hydrogen) atoms. The van der Waals surface area contributed by atoms with E-state index in [0.29, 0.717) is 12.8 Å². The molecule has 0 aromatic rings. The van der Waals surface area contributed by atoms with Crippen molar-refractivity contribution in [3.63, 3.8) is 0 Å². The number of rotatable bonds is 24. The van der Waals surface area contributed by atoms with E-state index in [1.54, 1.807) is 0 Å². The molecule has 0 heterocycles. The lowest BCUT2D eigenvalue weighted by atomic mass is 9.99. The Balaban J connectivity index is 3.42. The molecular formula is C28H54O5. The molecule has 0 radical (unpaired) electrons. The van der Waals surface area contributed by atoms with Crippen molar-refractivity contribution in [2.75, 3.05) is 13.2 Å². The van der Waals surface area contributed by atoms with Crippen LogP contribution in [0.4, 0.5) is 0 Å². The maximum atomic E-state index is 11.8. The number of carbonyl (C=O) groups excluding carboxylic acids is 2. The molecule has 196 valence electrons. The summed E-state index contributed by atoms with van der Waals surface area (Å²) in [5.74, 6) is 0.305. The van der Waals surface area contributed by atoms with Crippen molar-refractivity contribution in [2.24, 2.45) is 5.92 Å². The molecular weight excluding hydrogens is 416 g/mol. The zero-order chi connectivity index (χ0) is 24.6. The van der Waals surface area contributed by atoms with E-state index in [4.69, 9.17) is 9.47 Å². The van der Waals surface area contributed by atoms with Gasteiger partial charge in [0.1, 0.15) is 19.3 Å². The molecule has 0 rings (SSSR count). The summed E-state index contributed by atoms with van der Waals surface area (Å²) in [6.45, 7) is 6.55. The van der Waals surface area contributed by atoms with E-state index in [-0.39, 0.29) is 25.2 Å². The van der Waals surface area contributed by atoms with Crippen LogP contribution in [0.3, 0.4) is 0 Å². The molecule has 0 fully saturated rings. The predicted molar refractivity (Wildman–Crippen MR) is 136 cm³/mol. The van der Waals surface area contributed by atoms with Crippen molar-refractivity contribution in [3.8, 4) is 0 Å². The van der Waals surface area contributed by atoms with Gasteiger partial charge < -0.3 is 14.6 Å². The van der Waals surface area contributed by atoms with Crippen molar-refractivity contribution in [3.05, 3.63) is 0 Å². The molecule has 0 aromatic heterocycles. The molecule has 5 heteroatoms. The first kappa shape index (κ1) is 31.9. The minimum Gasteiger partial charge on any atom is -0.463 e. The van der Waals surface area contributed by atoms with Crippen molar-refractivity contribution in [1.29, 1.82) is 0 Å². The van der Waals surface area contributed by atoms with Gasteiger partial charge in [-0.25, -0.2) is 0 Å². The molecule has 5 nitrogen and oxygen atoms in total. The van der Waals surface area contributed by atoms with E-state index in [9.17, 15) is 14.7 Å². The van der Waals surface area contributed by atoms with Crippen molar-refractivity contribution in [2.45, 2.75) is 149 Å². The molecule has 0 saturated carbocycles. The molecule has 0 spiro atoms. The van der Waals surface area contributed by atoms with Crippen molar-refractivity contribution < 1.29 is 24.2 Å². The Labute approximate surface area is 204 Å². The number of esters is 2. The normalized spacial score (nSPS) is 13.0. The zero-order valence-electron chi connectivity index (χ0n) is 22.1. The summed E-state index contributed by atoms with van der Waals surface area (Å²) in [4.78, 5) is 23.4. The summed E-state index contributed by atoms with van der Waals surface area (Å²) in [5, 5.41) is 9.83. The lowest BCUT2D eigenvalue weighted by Crippen LogP contribution is -2.25. The van der Waals surface area contributed by atoms with E-state index < -0.39 is 6.10 Å². The Morgan fingerprint density at radius 1 is 0.636 bits per heavy atom. The highest BCUT2D eigenvalue weighted by atomic mass is 16.6. The van der Waals surface area contributed by atoms with Gasteiger partial charge in [0.05, 0.1) is 0 Å². The maximum absolute atomic E-state index is 11.8. The van der Waals surface area contributed by atoms with Gasteiger partial charge in [-0.05, 0) is 18.8 Å². The standard InChI is InChI=1S/C28H54O5/c1-4-6-7-14-18-21-27(30)32-23-26(29)24-33-28(31)22-19-16-13-11-9-8-10-12-15-17-20-25(3)5-2/h25-26,29H,4-24H2,1-3H3/t25?,26-/m1/s1. The lowest BCUT2D eigenvalue weighted by Gasteiger charge is -2.12. The number of hydrogen-bond acceptors (Lipinski definition) is 5. The van der Waals surface area contributed by atoms with E-state index in [1.807, 2.05) is 0 Å². The smallest absolute Gasteiger partial charge is 0.305 e. The van der Waals surface area contributed by atoms with Crippen LogP contribution in [0.5, 0.6) is 0 Å². The minimum absolute atomic E-state index is 0.111. The topological polar surface area (TPSA) is 72.8 Å². The molecule has 0 aliphatic carbocycles. The van der Waals surface area contributed by atoms with Gasteiger partial charge >= 0.3 is 11.9 Å². The number of unbranched alkanes of at least 4 members (excludes halogenated alkanes) is 13. The van der Waals surface area contributed by atoms with Crippen molar-refractivity contribution in [1.82, 2.24) is 0 Å². The number of hydrogen-bond donors (Lipinski definition) is 1. The highest BCUT2D eigenvalue weighted by molar-refractivity contribution is 5.69. The van der Waals surface area contributed by atoms with E-state index in [0.717, 1.165) is 44.4 Å². The summed E-state index contributed by atoms with van der Waals surface area (Å²) >= 11 is 0. The third-order valence-electron chi connectivity index (χ3n) is 6.38. The van der Waals surface area contributed by atoms with Crippen LogP contribution in [0.25, 0.3) is 0 Å². The Hall–Kier alpha value is -1.10. The first-order chi connectivity index (χ1) is 16.0. The van der Waals surface area contributed by atoms with Crippen LogP contribution in [-0.4, -0.2) is 36.4 Å². The molecule has 1 N–H and O–H groups in total. The van der Waals surface area contributed by atoms with Gasteiger partial charge in [0.15, 0.2) is 0 Å². The van der Waals surface area contributed by atoms with Crippen LogP contribution >= 0.6 is 0 Å². The highest BCUT2D eigenvalue weighted by Gasteiger charge is 2.12. The summed E-state index contributed by atoms with van der Waals surface area (Å²) in [5.41, 5.74) is 0. The number of ether oxygens (including phenoxy) is 2. The summed E-state index contributed by atoms with van der Waals surface area (Å²) in [6, 6.07) is 0. The number of carbonyl (C=O) groups is 2. The Morgan fingerprint density at radius 3 is 1.45 bits per heavy atom. The molecule has 0 bridgehead atoms. The second-order valence-corrected chi connectivity index (χ2v) is 9.77. The van der Waals surface area contributed by atoms with Gasteiger partial charge in [0.2, 0.25) is 0 Å².